The molecule has 0 aliphatic carbocycles. The van der Waals surface area contributed by atoms with Crippen LogP contribution in [-0.4, -0.2) is 20.9 Å². The summed E-state index contributed by atoms with van der Waals surface area (Å²) in [5.41, 5.74) is 6.29. The van der Waals surface area contributed by atoms with Crippen LogP contribution in [0, 0.1) is 0 Å². The monoisotopic (exact) mass is 269 g/mol. The van der Waals surface area contributed by atoms with Crippen molar-refractivity contribution >= 4 is 24.1 Å². The first-order valence-corrected chi connectivity index (χ1v) is 4.86. The van der Waals surface area contributed by atoms with Gasteiger partial charge in [-0.05, 0) is 24.3 Å². The third-order valence-electron chi connectivity index (χ3n) is 2.14. The van der Waals surface area contributed by atoms with Crippen molar-refractivity contribution in [1.82, 2.24) is 9.78 Å². The third kappa shape index (κ3) is 2.92. The van der Waals surface area contributed by atoms with Crippen LogP contribution in [0.1, 0.15) is 10.4 Å². The number of carboxylic acid groups (broad SMARTS) is 1. The summed E-state index contributed by atoms with van der Waals surface area (Å²) in [6.45, 7) is 0. The average molecular weight is 270 g/mol. The fourth-order valence-corrected chi connectivity index (χ4v) is 1.34. The average Bonchev–Trinajstić information content (AvgIpc) is 2.58. The Kier molecular flexibility index (Phi) is 4.17. The number of ether oxygens (including phenoxy) is 1. The van der Waals surface area contributed by atoms with E-state index in [1.807, 2.05) is 0 Å². The summed E-state index contributed by atoms with van der Waals surface area (Å²) in [6.07, 6.45) is 1.63. The second-order valence-electron chi connectivity index (χ2n) is 3.49. The molecule has 2 rings (SSSR count). The summed E-state index contributed by atoms with van der Waals surface area (Å²) in [5, 5.41) is 12.8. The van der Waals surface area contributed by atoms with E-state index in [4.69, 9.17) is 15.6 Å². The van der Waals surface area contributed by atoms with Crippen LogP contribution in [0.15, 0.2) is 30.5 Å². The van der Waals surface area contributed by atoms with E-state index in [0.29, 0.717) is 17.3 Å². The molecule has 7 heteroatoms. The van der Waals surface area contributed by atoms with Crippen molar-refractivity contribution in [3.8, 4) is 11.6 Å². The number of rotatable bonds is 3. The Morgan fingerprint density at radius 1 is 1.39 bits per heavy atom. The van der Waals surface area contributed by atoms with E-state index >= 15 is 0 Å². The molecule has 1 aromatic heterocycles. The predicted molar refractivity (Wildman–Crippen MR) is 68.3 cm³/mol. The summed E-state index contributed by atoms with van der Waals surface area (Å²) < 4.78 is 6.95. The molecule has 0 fully saturated rings. The van der Waals surface area contributed by atoms with Gasteiger partial charge in [0.2, 0.25) is 0 Å². The molecule has 0 saturated carbocycles. The number of hydrogen-bond acceptors (Lipinski definition) is 4. The van der Waals surface area contributed by atoms with Gasteiger partial charge in [0.05, 0.1) is 11.8 Å². The minimum Gasteiger partial charge on any atom is -0.478 e. The SMILES string of the molecule is Cl.Cn1cc(N)c(Oc2ccc(C(=O)O)cc2)n1. The molecule has 0 aliphatic rings. The zero-order chi connectivity index (χ0) is 12.4. The predicted octanol–water partition coefficient (Wildman–Crippen LogP) is 1.91. The fraction of sp³-hybridized carbons (Fsp3) is 0.0909. The van der Waals surface area contributed by atoms with Gasteiger partial charge in [-0.2, -0.15) is 0 Å². The van der Waals surface area contributed by atoms with Crippen molar-refractivity contribution in [1.29, 1.82) is 0 Å². The van der Waals surface area contributed by atoms with Gasteiger partial charge in [0, 0.05) is 7.05 Å². The molecule has 1 aromatic carbocycles. The molecule has 3 N–H and O–H groups in total. The Bertz CT molecular complexity index is 551. The van der Waals surface area contributed by atoms with Crippen LogP contribution in [0.25, 0.3) is 0 Å². The van der Waals surface area contributed by atoms with E-state index in [-0.39, 0.29) is 18.0 Å². The molecule has 96 valence electrons. The summed E-state index contributed by atoms with van der Waals surface area (Å²) in [6, 6.07) is 6.02. The first kappa shape index (κ1) is 13.9. The molecule has 0 spiro atoms. The zero-order valence-corrected chi connectivity index (χ0v) is 10.3. The maximum Gasteiger partial charge on any atom is 0.335 e. The number of aryl methyl sites for hydroxylation is 1. The minimum atomic E-state index is -0.978. The maximum absolute atomic E-state index is 10.7. The maximum atomic E-state index is 10.7. The molecule has 0 aliphatic heterocycles. The molecule has 0 bridgehead atoms. The van der Waals surface area contributed by atoms with E-state index in [0.717, 1.165) is 0 Å². The van der Waals surface area contributed by atoms with Crippen molar-refractivity contribution in [2.45, 2.75) is 0 Å². The highest BCUT2D eigenvalue weighted by molar-refractivity contribution is 5.87. The van der Waals surface area contributed by atoms with Crippen LogP contribution >= 0.6 is 12.4 Å². The smallest absolute Gasteiger partial charge is 0.335 e. The van der Waals surface area contributed by atoms with Gasteiger partial charge in [-0.15, -0.1) is 17.5 Å². The van der Waals surface area contributed by atoms with Crippen molar-refractivity contribution in [3.05, 3.63) is 36.0 Å². The highest BCUT2D eigenvalue weighted by Gasteiger charge is 2.07. The topological polar surface area (TPSA) is 90.4 Å². The summed E-state index contributed by atoms with van der Waals surface area (Å²) >= 11 is 0. The van der Waals surface area contributed by atoms with Gasteiger partial charge in [0.15, 0.2) is 0 Å². The first-order valence-electron chi connectivity index (χ1n) is 4.86. The van der Waals surface area contributed by atoms with E-state index in [1.165, 1.54) is 16.8 Å². The molecule has 0 atom stereocenters. The highest BCUT2D eigenvalue weighted by atomic mass is 35.5. The lowest BCUT2D eigenvalue weighted by molar-refractivity contribution is 0.0697. The normalized spacial score (nSPS) is 9.61. The molecule has 6 nitrogen and oxygen atoms in total. The fourth-order valence-electron chi connectivity index (χ4n) is 1.34. The molecular formula is C11H12ClN3O3. The zero-order valence-electron chi connectivity index (χ0n) is 9.53. The number of benzene rings is 1. The van der Waals surface area contributed by atoms with E-state index in [1.54, 1.807) is 25.4 Å². The van der Waals surface area contributed by atoms with Gasteiger partial charge in [-0.1, -0.05) is 0 Å². The molecule has 2 aromatic rings. The molecule has 0 saturated heterocycles. The quantitative estimate of drug-likeness (QED) is 0.888. The van der Waals surface area contributed by atoms with Crippen molar-refractivity contribution < 1.29 is 14.6 Å². The lowest BCUT2D eigenvalue weighted by Crippen LogP contribution is -1.96. The van der Waals surface area contributed by atoms with Gasteiger partial charge >= 0.3 is 5.97 Å². The molecule has 0 unspecified atom stereocenters. The first-order chi connectivity index (χ1) is 8.06. The number of aromatic nitrogens is 2. The van der Waals surface area contributed by atoms with Crippen LogP contribution in [0.2, 0.25) is 0 Å². The van der Waals surface area contributed by atoms with Gasteiger partial charge < -0.3 is 15.6 Å². The Labute approximate surface area is 109 Å². The Balaban J connectivity index is 0.00000162. The number of nitrogens with zero attached hydrogens (tertiary/aromatic N) is 2. The van der Waals surface area contributed by atoms with Crippen molar-refractivity contribution in [2.24, 2.45) is 7.05 Å². The minimum absolute atomic E-state index is 0. The Morgan fingerprint density at radius 2 is 2.00 bits per heavy atom. The third-order valence-corrected chi connectivity index (χ3v) is 2.14. The lowest BCUT2D eigenvalue weighted by atomic mass is 10.2. The molecule has 1 heterocycles. The highest BCUT2D eigenvalue weighted by Crippen LogP contribution is 2.25. The largest absolute Gasteiger partial charge is 0.478 e. The summed E-state index contributed by atoms with van der Waals surface area (Å²) in [7, 11) is 1.73. The molecule has 18 heavy (non-hydrogen) atoms. The van der Waals surface area contributed by atoms with Gasteiger partial charge in [-0.25, -0.2) is 4.79 Å². The number of halogens is 1. The number of hydrogen-bond donors (Lipinski definition) is 2. The Hall–Kier alpha value is -2.21. The van der Waals surface area contributed by atoms with Gasteiger partial charge in [0.1, 0.15) is 11.4 Å². The number of carbonyl (C=O) groups is 1. The van der Waals surface area contributed by atoms with Crippen molar-refractivity contribution in [3.63, 3.8) is 0 Å². The number of anilines is 1. The molecular weight excluding hydrogens is 258 g/mol. The van der Waals surface area contributed by atoms with Crippen LogP contribution in [0.5, 0.6) is 11.6 Å². The van der Waals surface area contributed by atoms with Gasteiger partial charge in [-0.3, -0.25) is 4.68 Å². The number of nitrogen functional groups attached to an aromatic ring is 1. The van der Waals surface area contributed by atoms with E-state index in [2.05, 4.69) is 5.10 Å². The van der Waals surface area contributed by atoms with Crippen LogP contribution in [0.3, 0.4) is 0 Å². The van der Waals surface area contributed by atoms with Crippen molar-refractivity contribution in [2.75, 3.05) is 5.73 Å². The van der Waals surface area contributed by atoms with Gasteiger partial charge in [0.25, 0.3) is 5.88 Å². The number of nitrogens with two attached hydrogens (primary N) is 1. The summed E-state index contributed by atoms with van der Waals surface area (Å²) in [4.78, 5) is 10.7. The second kappa shape index (κ2) is 5.42. The lowest BCUT2D eigenvalue weighted by Gasteiger charge is -2.03. The standard InChI is InChI=1S/C11H11N3O3.ClH/c1-14-6-9(12)10(13-14)17-8-4-2-7(3-5-8)11(15)16;/h2-6H,12H2,1H3,(H,15,16);1H. The van der Waals surface area contributed by atoms with Crippen LogP contribution < -0.4 is 10.5 Å². The Morgan fingerprint density at radius 3 is 2.44 bits per heavy atom. The summed E-state index contributed by atoms with van der Waals surface area (Å²) in [5.74, 6) is -0.190. The van der Waals surface area contributed by atoms with E-state index < -0.39 is 5.97 Å². The second-order valence-corrected chi connectivity index (χ2v) is 3.49. The molecule has 0 amide bonds. The number of carboxylic acids is 1. The van der Waals surface area contributed by atoms with E-state index in [9.17, 15) is 4.79 Å². The van der Waals surface area contributed by atoms with Crippen LogP contribution in [0.4, 0.5) is 5.69 Å². The van der Waals surface area contributed by atoms with Crippen LogP contribution in [-0.2, 0) is 7.05 Å². The number of aromatic carboxylic acids is 1. The molecule has 0 radical (unpaired) electrons.